The molecule has 1 aromatic carbocycles. The van der Waals surface area contributed by atoms with Gasteiger partial charge in [0.2, 0.25) is 10.0 Å². The van der Waals surface area contributed by atoms with E-state index < -0.39 is 28.7 Å². The summed E-state index contributed by atoms with van der Waals surface area (Å²) in [6, 6.07) is 3.66. The third-order valence-electron chi connectivity index (χ3n) is 4.01. The fourth-order valence-electron chi connectivity index (χ4n) is 2.79. The maximum atomic E-state index is 12.8. The van der Waals surface area contributed by atoms with Gasteiger partial charge >= 0.3 is 6.18 Å². The van der Waals surface area contributed by atoms with Gasteiger partial charge in [0.1, 0.15) is 5.75 Å². The van der Waals surface area contributed by atoms with Gasteiger partial charge in [0, 0.05) is 26.2 Å². The minimum absolute atomic E-state index is 0.00305. The summed E-state index contributed by atoms with van der Waals surface area (Å²) in [7, 11) is -2.68. The number of hydrogen-bond donors (Lipinski definition) is 1. The molecule has 0 atom stereocenters. The van der Waals surface area contributed by atoms with E-state index in [1.165, 1.54) is 29.0 Å². The van der Waals surface area contributed by atoms with Crippen molar-refractivity contribution in [1.29, 1.82) is 0 Å². The summed E-state index contributed by atoms with van der Waals surface area (Å²) in [6.07, 6.45) is -3.93. The largest absolute Gasteiger partial charge is 0.496 e. The van der Waals surface area contributed by atoms with E-state index in [9.17, 15) is 26.4 Å². The van der Waals surface area contributed by atoms with E-state index in [4.69, 9.17) is 9.88 Å². The van der Waals surface area contributed by atoms with Gasteiger partial charge in [-0.1, -0.05) is 0 Å². The van der Waals surface area contributed by atoms with Crippen molar-refractivity contribution in [3.8, 4) is 5.75 Å². The number of methoxy groups -OCH3 is 1. The number of carbonyl (C=O) groups is 1. The van der Waals surface area contributed by atoms with Crippen molar-refractivity contribution in [2.45, 2.75) is 17.5 Å². The number of halogens is 3. The Morgan fingerprint density at radius 1 is 1.23 bits per heavy atom. The highest BCUT2D eigenvalue weighted by Crippen LogP contribution is 2.24. The van der Waals surface area contributed by atoms with Gasteiger partial charge in [-0.05, 0) is 24.6 Å². The lowest BCUT2D eigenvalue weighted by atomic mass is 10.1. The normalized spacial score (nSPS) is 17.0. The van der Waals surface area contributed by atoms with Gasteiger partial charge in [-0.25, -0.2) is 13.6 Å². The van der Waals surface area contributed by atoms with Crippen LogP contribution in [0, 0.1) is 0 Å². The van der Waals surface area contributed by atoms with Crippen LogP contribution in [0.5, 0.6) is 5.75 Å². The van der Waals surface area contributed by atoms with E-state index in [0.29, 0.717) is 6.42 Å². The molecule has 0 saturated carbocycles. The fourth-order valence-corrected chi connectivity index (χ4v) is 3.33. The second-order valence-corrected chi connectivity index (χ2v) is 7.51. The Labute approximate surface area is 149 Å². The van der Waals surface area contributed by atoms with Crippen LogP contribution >= 0.6 is 0 Å². The van der Waals surface area contributed by atoms with Crippen LogP contribution in [0.3, 0.4) is 0 Å². The summed E-state index contributed by atoms with van der Waals surface area (Å²) in [5, 5.41) is 5.09. The van der Waals surface area contributed by atoms with Crippen molar-refractivity contribution < 1.29 is 31.1 Å². The van der Waals surface area contributed by atoms with Gasteiger partial charge in [-0.15, -0.1) is 0 Å². The van der Waals surface area contributed by atoms with E-state index >= 15 is 0 Å². The Morgan fingerprint density at radius 3 is 2.50 bits per heavy atom. The molecule has 0 bridgehead atoms. The standard InChI is InChI=1S/C15H20F3N3O4S/c1-25-13-4-3-11(26(19,23)24)9-12(13)14(22)21-6-2-5-20(7-8-21)10-15(16,17)18/h3-4,9H,2,5-8,10H2,1H3,(H2,19,23,24). The molecule has 26 heavy (non-hydrogen) atoms. The number of nitrogens with two attached hydrogens (primary N) is 1. The smallest absolute Gasteiger partial charge is 0.401 e. The fraction of sp³-hybridized carbons (Fsp3) is 0.533. The Bertz CT molecular complexity index is 768. The minimum Gasteiger partial charge on any atom is -0.496 e. The molecule has 1 aliphatic heterocycles. The maximum absolute atomic E-state index is 12.8. The molecule has 0 aliphatic carbocycles. The van der Waals surface area contributed by atoms with Gasteiger partial charge in [0.15, 0.2) is 0 Å². The van der Waals surface area contributed by atoms with Crippen molar-refractivity contribution in [2.75, 3.05) is 39.8 Å². The molecule has 1 aliphatic rings. The molecule has 0 radical (unpaired) electrons. The second kappa shape index (κ2) is 7.80. The highest BCUT2D eigenvalue weighted by atomic mass is 32.2. The number of benzene rings is 1. The number of ether oxygens (including phenoxy) is 1. The summed E-state index contributed by atoms with van der Waals surface area (Å²) in [5.74, 6) is -0.347. The van der Waals surface area contributed by atoms with Crippen LogP contribution in [0.4, 0.5) is 13.2 Å². The van der Waals surface area contributed by atoms with Crippen LogP contribution in [0.2, 0.25) is 0 Å². The zero-order valence-electron chi connectivity index (χ0n) is 14.1. The highest BCUT2D eigenvalue weighted by molar-refractivity contribution is 7.89. The van der Waals surface area contributed by atoms with Gasteiger partial charge in [0.05, 0.1) is 24.1 Å². The number of alkyl halides is 3. The molecule has 7 nitrogen and oxygen atoms in total. The number of hydrogen-bond acceptors (Lipinski definition) is 5. The van der Waals surface area contributed by atoms with Crippen LogP contribution in [0.25, 0.3) is 0 Å². The van der Waals surface area contributed by atoms with Crippen molar-refractivity contribution in [3.05, 3.63) is 23.8 Å². The number of primary sulfonamides is 1. The Balaban J connectivity index is 2.20. The van der Waals surface area contributed by atoms with Crippen molar-refractivity contribution in [3.63, 3.8) is 0 Å². The summed E-state index contributed by atoms with van der Waals surface area (Å²) in [6.45, 7) is -0.382. The lowest BCUT2D eigenvalue weighted by molar-refractivity contribution is -0.145. The molecule has 1 heterocycles. The Hall–Kier alpha value is -1.85. The Morgan fingerprint density at radius 2 is 1.92 bits per heavy atom. The van der Waals surface area contributed by atoms with E-state index in [2.05, 4.69) is 0 Å². The number of rotatable bonds is 4. The predicted octanol–water partition coefficient (Wildman–Crippen LogP) is 1.05. The SMILES string of the molecule is COc1ccc(S(N)(=O)=O)cc1C(=O)N1CCCN(CC(F)(F)F)CC1. The first-order valence-corrected chi connectivity index (χ1v) is 9.35. The molecule has 1 fully saturated rings. The average Bonchev–Trinajstić information content (AvgIpc) is 2.76. The third-order valence-corrected chi connectivity index (χ3v) is 4.92. The average molecular weight is 395 g/mol. The molecule has 1 saturated heterocycles. The molecule has 0 aromatic heterocycles. The molecular formula is C15H20F3N3O4S. The topological polar surface area (TPSA) is 92.9 Å². The first-order chi connectivity index (χ1) is 12.0. The summed E-state index contributed by atoms with van der Waals surface area (Å²) >= 11 is 0. The van der Waals surface area contributed by atoms with Crippen molar-refractivity contribution in [2.24, 2.45) is 5.14 Å². The quantitative estimate of drug-likeness (QED) is 0.823. The van der Waals surface area contributed by atoms with E-state index in [-0.39, 0.29) is 42.4 Å². The number of nitrogens with zero attached hydrogens (tertiary/aromatic N) is 2. The van der Waals surface area contributed by atoms with Crippen LogP contribution in [0.1, 0.15) is 16.8 Å². The second-order valence-electron chi connectivity index (χ2n) is 5.94. The van der Waals surface area contributed by atoms with Crippen LogP contribution in [-0.4, -0.2) is 70.1 Å². The van der Waals surface area contributed by atoms with Gasteiger partial charge < -0.3 is 9.64 Å². The molecule has 11 heteroatoms. The van der Waals surface area contributed by atoms with E-state index in [1.54, 1.807) is 0 Å². The number of carbonyl (C=O) groups excluding carboxylic acids is 1. The zero-order valence-corrected chi connectivity index (χ0v) is 14.9. The molecule has 1 amide bonds. The van der Waals surface area contributed by atoms with Crippen LogP contribution in [-0.2, 0) is 10.0 Å². The summed E-state index contributed by atoms with van der Waals surface area (Å²) in [5.41, 5.74) is 0.00305. The summed E-state index contributed by atoms with van der Waals surface area (Å²) in [4.78, 5) is 15.2. The van der Waals surface area contributed by atoms with Gasteiger partial charge in [-0.2, -0.15) is 13.2 Å². The monoisotopic (exact) mass is 395 g/mol. The maximum Gasteiger partial charge on any atom is 0.401 e. The molecule has 2 rings (SSSR count). The van der Waals surface area contributed by atoms with Crippen molar-refractivity contribution in [1.82, 2.24) is 9.80 Å². The first-order valence-electron chi connectivity index (χ1n) is 7.80. The van der Waals surface area contributed by atoms with E-state index in [0.717, 1.165) is 6.07 Å². The van der Waals surface area contributed by atoms with Gasteiger partial charge in [0.25, 0.3) is 5.91 Å². The summed E-state index contributed by atoms with van der Waals surface area (Å²) < 4.78 is 65.8. The van der Waals surface area contributed by atoms with Crippen LogP contribution < -0.4 is 9.88 Å². The lowest BCUT2D eigenvalue weighted by Crippen LogP contribution is -2.38. The minimum atomic E-state index is -4.30. The predicted molar refractivity (Wildman–Crippen MR) is 87.4 cm³/mol. The molecule has 1 aromatic rings. The first kappa shape index (κ1) is 20.5. The highest BCUT2D eigenvalue weighted by Gasteiger charge is 2.32. The number of amides is 1. The third kappa shape index (κ3) is 5.32. The molecule has 0 spiro atoms. The molecule has 146 valence electrons. The molecule has 0 unspecified atom stereocenters. The number of sulfonamides is 1. The molecule has 2 N–H and O–H groups in total. The zero-order chi connectivity index (χ0) is 19.5. The molecular weight excluding hydrogens is 375 g/mol. The van der Waals surface area contributed by atoms with E-state index in [1.807, 2.05) is 0 Å². The lowest BCUT2D eigenvalue weighted by Gasteiger charge is -2.23. The van der Waals surface area contributed by atoms with Gasteiger partial charge in [-0.3, -0.25) is 9.69 Å². The van der Waals surface area contributed by atoms with Crippen LogP contribution in [0.15, 0.2) is 23.1 Å². The Kier molecular flexibility index (Phi) is 6.14. The van der Waals surface area contributed by atoms with Crippen molar-refractivity contribution >= 4 is 15.9 Å².